The van der Waals surface area contributed by atoms with Crippen LogP contribution in [0.2, 0.25) is 0 Å². The Morgan fingerprint density at radius 3 is 2.53 bits per heavy atom. The molecule has 0 radical (unpaired) electrons. The van der Waals surface area contributed by atoms with Crippen LogP contribution in [0.15, 0.2) is 30.5 Å². The zero-order valence-electron chi connectivity index (χ0n) is 8.74. The van der Waals surface area contributed by atoms with Gasteiger partial charge in [0, 0.05) is 24.2 Å². The largest absolute Gasteiger partial charge is 0.711 e. The summed E-state index contributed by atoms with van der Waals surface area (Å²) in [5.74, 6) is 0.552. The number of rotatable bonds is 2. The second-order valence-electron chi connectivity index (χ2n) is 3.33. The van der Waals surface area contributed by atoms with Gasteiger partial charge in [-0.05, 0) is 23.6 Å². The molecular weight excluding hydrogens is 190 g/mol. The van der Waals surface area contributed by atoms with Gasteiger partial charge in [0.1, 0.15) is 6.20 Å². The number of hydrogen-bond acceptors (Lipinski definition) is 3. The maximum Gasteiger partial charge on any atom is 0.277 e. The monoisotopic (exact) mass is 203 g/mol. The highest BCUT2D eigenvalue weighted by Gasteiger charge is 2.03. The molecule has 0 amide bonds. The maximum atomic E-state index is 11.5. The average Bonchev–Trinajstić information content (AvgIpc) is 2.27. The first kappa shape index (κ1) is 9.58. The van der Waals surface area contributed by atoms with Crippen molar-refractivity contribution in [1.82, 2.24) is 0 Å². The first-order valence-corrected chi connectivity index (χ1v) is 4.77. The quantitative estimate of drug-likeness (QED) is 0.575. The molecule has 78 valence electrons. The van der Waals surface area contributed by atoms with Crippen molar-refractivity contribution >= 4 is 22.3 Å². The lowest BCUT2D eigenvalue weighted by Gasteiger charge is -2.09. The van der Waals surface area contributed by atoms with Crippen LogP contribution in [0, 0.1) is 5.21 Å². The molecule has 0 spiro atoms. The summed E-state index contributed by atoms with van der Waals surface area (Å²) in [6, 6.07) is 7.72. The Kier molecular flexibility index (Phi) is 2.33. The van der Waals surface area contributed by atoms with Gasteiger partial charge in [-0.2, -0.15) is 0 Å². The molecule has 1 aromatic heterocycles. The molecule has 0 aliphatic carbocycles. The van der Waals surface area contributed by atoms with Gasteiger partial charge in [-0.1, -0.05) is 0 Å². The third kappa shape index (κ3) is 1.66. The van der Waals surface area contributed by atoms with Crippen LogP contribution >= 0.6 is 0 Å². The van der Waals surface area contributed by atoms with Crippen LogP contribution in [0.3, 0.4) is 0 Å². The molecular formula is C11H13N3O. The van der Waals surface area contributed by atoms with Crippen LogP contribution < -0.4 is 15.4 Å². The van der Waals surface area contributed by atoms with E-state index < -0.39 is 0 Å². The third-order valence-electron chi connectivity index (χ3n) is 2.42. The summed E-state index contributed by atoms with van der Waals surface area (Å²) in [5, 5.41) is 19.4. The van der Waals surface area contributed by atoms with E-state index in [4.69, 9.17) is 0 Å². The first-order chi connectivity index (χ1) is 7.24. The van der Waals surface area contributed by atoms with Gasteiger partial charge in [-0.15, -0.1) is 0 Å². The Morgan fingerprint density at radius 1 is 1.07 bits per heavy atom. The van der Waals surface area contributed by atoms with Crippen molar-refractivity contribution < 1.29 is 4.73 Å². The van der Waals surface area contributed by atoms with Gasteiger partial charge >= 0.3 is 0 Å². The molecule has 1 heterocycles. The number of fused-ring (bicyclic) bond motifs is 1. The summed E-state index contributed by atoms with van der Waals surface area (Å²) in [5.41, 5.74) is 1.04. The third-order valence-corrected chi connectivity index (χ3v) is 2.42. The highest BCUT2D eigenvalue weighted by molar-refractivity contribution is 5.85. The molecule has 15 heavy (non-hydrogen) atoms. The van der Waals surface area contributed by atoms with Crippen molar-refractivity contribution in [2.75, 3.05) is 24.7 Å². The molecule has 0 fully saturated rings. The van der Waals surface area contributed by atoms with E-state index in [1.165, 1.54) is 0 Å². The highest BCUT2D eigenvalue weighted by Crippen LogP contribution is 2.19. The molecule has 2 rings (SSSR count). The molecule has 4 nitrogen and oxygen atoms in total. The van der Waals surface area contributed by atoms with Gasteiger partial charge in [-0.3, -0.25) is 5.32 Å². The van der Waals surface area contributed by atoms with Gasteiger partial charge in [0.15, 0.2) is 0 Å². The van der Waals surface area contributed by atoms with Crippen LogP contribution in [-0.2, 0) is 0 Å². The van der Waals surface area contributed by atoms with E-state index in [2.05, 4.69) is 10.6 Å². The fourth-order valence-electron chi connectivity index (χ4n) is 1.56. The Morgan fingerprint density at radius 2 is 1.87 bits per heavy atom. The Balaban J connectivity index is 2.66. The second kappa shape index (κ2) is 3.65. The summed E-state index contributed by atoms with van der Waals surface area (Å²) in [6.07, 6.45) is 1.57. The van der Waals surface area contributed by atoms with Crippen molar-refractivity contribution in [3.05, 3.63) is 35.7 Å². The number of nitrogens with one attached hydrogen (secondary N) is 2. The van der Waals surface area contributed by atoms with Crippen molar-refractivity contribution in [3.63, 3.8) is 0 Å². The first-order valence-electron chi connectivity index (χ1n) is 4.77. The van der Waals surface area contributed by atoms with Crippen molar-refractivity contribution in [2.24, 2.45) is 0 Å². The second-order valence-corrected chi connectivity index (χ2v) is 3.33. The molecule has 0 aliphatic rings. The van der Waals surface area contributed by atoms with Crippen molar-refractivity contribution in [3.8, 4) is 0 Å². The van der Waals surface area contributed by atoms with E-state index in [0.29, 0.717) is 5.82 Å². The topological polar surface area (TPSA) is 51.0 Å². The Labute approximate surface area is 88.1 Å². The minimum Gasteiger partial charge on any atom is -0.711 e. The zero-order valence-corrected chi connectivity index (χ0v) is 8.74. The molecule has 0 saturated carbocycles. The number of hydrogen-bond donors (Lipinski definition) is 2. The minimum absolute atomic E-state index is 0.552. The van der Waals surface area contributed by atoms with Crippen LogP contribution in [0.1, 0.15) is 0 Å². The molecule has 0 saturated heterocycles. The van der Waals surface area contributed by atoms with E-state index in [1.807, 2.05) is 31.3 Å². The van der Waals surface area contributed by atoms with E-state index in [0.717, 1.165) is 21.2 Å². The van der Waals surface area contributed by atoms with Gasteiger partial charge in [0.05, 0.1) is 7.05 Å². The van der Waals surface area contributed by atoms with E-state index >= 15 is 0 Å². The molecule has 0 bridgehead atoms. The smallest absolute Gasteiger partial charge is 0.277 e. The molecule has 0 atom stereocenters. The lowest BCUT2D eigenvalue weighted by molar-refractivity contribution is -0.588. The number of benzene rings is 1. The van der Waals surface area contributed by atoms with Crippen molar-refractivity contribution in [1.29, 1.82) is 0 Å². The van der Waals surface area contributed by atoms with Crippen molar-refractivity contribution in [2.45, 2.75) is 0 Å². The Hall–Kier alpha value is -1.97. The number of pyridine rings is 1. The number of nitrogens with zero attached hydrogens (tertiary/aromatic N) is 1. The summed E-state index contributed by atoms with van der Waals surface area (Å²) in [6.45, 7) is 0. The predicted octanol–water partition coefficient (Wildman–Crippen LogP) is 1.56. The lowest BCUT2D eigenvalue weighted by Crippen LogP contribution is -2.29. The normalized spacial score (nSPS) is 10.3. The van der Waals surface area contributed by atoms with E-state index in [1.54, 1.807) is 13.2 Å². The van der Waals surface area contributed by atoms with E-state index in [9.17, 15) is 5.21 Å². The molecule has 4 heteroatoms. The summed E-state index contributed by atoms with van der Waals surface area (Å²) in [7, 11) is 3.61. The fraction of sp³-hybridized carbons (Fsp3) is 0.182. The lowest BCUT2D eigenvalue weighted by atomic mass is 10.1. The molecule has 1 aromatic carbocycles. The molecule has 0 unspecified atom stereocenters. The SMILES string of the molecule is CNc1ccc2c[n+]([O-])c(NC)cc2c1. The van der Waals surface area contributed by atoms with Gasteiger partial charge in [-0.25, -0.2) is 4.73 Å². The van der Waals surface area contributed by atoms with Crippen LogP contribution in [-0.4, -0.2) is 14.1 Å². The van der Waals surface area contributed by atoms with Gasteiger partial charge < -0.3 is 10.5 Å². The summed E-state index contributed by atoms with van der Waals surface area (Å²) >= 11 is 0. The maximum absolute atomic E-state index is 11.5. The molecule has 2 aromatic rings. The Bertz CT molecular complexity index is 496. The van der Waals surface area contributed by atoms with Crippen LogP contribution in [0.25, 0.3) is 10.8 Å². The van der Waals surface area contributed by atoms with Crippen LogP contribution in [0.5, 0.6) is 0 Å². The average molecular weight is 203 g/mol. The van der Waals surface area contributed by atoms with Gasteiger partial charge in [0.2, 0.25) is 0 Å². The van der Waals surface area contributed by atoms with Crippen LogP contribution in [0.4, 0.5) is 11.5 Å². The minimum atomic E-state index is 0.552. The molecule has 2 N–H and O–H groups in total. The number of anilines is 2. The molecule has 0 aliphatic heterocycles. The summed E-state index contributed by atoms with van der Waals surface area (Å²) < 4.78 is 0.835. The number of aromatic nitrogens is 1. The zero-order chi connectivity index (χ0) is 10.8. The predicted molar refractivity (Wildman–Crippen MR) is 62.0 cm³/mol. The summed E-state index contributed by atoms with van der Waals surface area (Å²) in [4.78, 5) is 0. The standard InChI is InChI=1S/C11H13N3O/c1-12-10-4-3-8-7-14(15)11(13-2)6-9(8)5-10/h3-7,12-13H,1-2H3. The fourth-order valence-corrected chi connectivity index (χ4v) is 1.56. The van der Waals surface area contributed by atoms with E-state index in [-0.39, 0.29) is 0 Å². The highest BCUT2D eigenvalue weighted by atomic mass is 16.5. The van der Waals surface area contributed by atoms with Gasteiger partial charge in [0.25, 0.3) is 5.82 Å².